The first kappa shape index (κ1) is 14.2. The van der Waals surface area contributed by atoms with Gasteiger partial charge in [0.25, 0.3) is 0 Å². The van der Waals surface area contributed by atoms with Crippen molar-refractivity contribution in [3.8, 4) is 0 Å². The summed E-state index contributed by atoms with van der Waals surface area (Å²) in [6, 6.07) is 4.10. The van der Waals surface area contributed by atoms with Gasteiger partial charge in [-0.05, 0) is 32.4 Å². The third kappa shape index (κ3) is 4.89. The molecule has 0 aromatic carbocycles. The second-order valence-electron chi connectivity index (χ2n) is 3.72. The van der Waals surface area contributed by atoms with Gasteiger partial charge in [0.2, 0.25) is 0 Å². The first-order chi connectivity index (χ1) is 8.31. The van der Waals surface area contributed by atoms with Crippen molar-refractivity contribution in [2.45, 2.75) is 39.5 Å². The van der Waals surface area contributed by atoms with Crippen LogP contribution in [0.3, 0.4) is 0 Å². The third-order valence-corrected chi connectivity index (χ3v) is 2.53. The normalized spacial score (nSPS) is 13.2. The summed E-state index contributed by atoms with van der Waals surface area (Å²) in [5.74, 6) is 0.958. The van der Waals surface area contributed by atoms with Gasteiger partial charge in [-0.2, -0.15) is 0 Å². The maximum absolute atomic E-state index is 5.48. The van der Waals surface area contributed by atoms with E-state index in [2.05, 4.69) is 12.2 Å². The van der Waals surface area contributed by atoms with Crippen LogP contribution in [0.2, 0.25) is 0 Å². The Hall–Kier alpha value is -0.840. The van der Waals surface area contributed by atoms with Crippen LogP contribution in [0, 0.1) is 0 Å². The lowest BCUT2D eigenvalue weighted by Crippen LogP contribution is -2.33. The number of nitrogens with one attached hydrogen (secondary N) is 1. The molecule has 1 heterocycles. The summed E-state index contributed by atoms with van der Waals surface area (Å²) in [4.78, 5) is 0. The summed E-state index contributed by atoms with van der Waals surface area (Å²) >= 11 is 0. The van der Waals surface area contributed by atoms with Crippen LogP contribution in [0.4, 0.5) is 0 Å². The number of ether oxygens (including phenoxy) is 2. The average Bonchev–Trinajstić information content (AvgIpc) is 2.84. The highest BCUT2D eigenvalue weighted by atomic mass is 16.7. The zero-order valence-electron chi connectivity index (χ0n) is 10.9. The predicted molar refractivity (Wildman–Crippen MR) is 66.8 cm³/mol. The summed E-state index contributed by atoms with van der Waals surface area (Å²) in [7, 11) is 0. The average molecular weight is 241 g/mol. The van der Waals surface area contributed by atoms with E-state index >= 15 is 0 Å². The molecule has 1 rings (SSSR count). The fraction of sp³-hybridized carbons (Fsp3) is 0.692. The van der Waals surface area contributed by atoms with E-state index in [1.807, 2.05) is 26.0 Å². The van der Waals surface area contributed by atoms with E-state index in [4.69, 9.17) is 13.9 Å². The highest BCUT2D eigenvalue weighted by Crippen LogP contribution is 2.16. The Labute approximate surface area is 103 Å². The molecule has 0 fully saturated rings. The Kier molecular flexibility index (Phi) is 6.93. The van der Waals surface area contributed by atoms with Gasteiger partial charge in [0.1, 0.15) is 5.76 Å². The molecule has 0 bridgehead atoms. The van der Waals surface area contributed by atoms with Gasteiger partial charge in [-0.1, -0.05) is 6.92 Å². The Morgan fingerprint density at radius 3 is 2.41 bits per heavy atom. The summed E-state index contributed by atoms with van der Waals surface area (Å²) in [5.41, 5.74) is 0. The first-order valence-corrected chi connectivity index (χ1v) is 6.31. The summed E-state index contributed by atoms with van der Waals surface area (Å²) in [6.45, 7) is 8.04. The molecule has 0 aliphatic rings. The highest BCUT2D eigenvalue weighted by Gasteiger charge is 2.14. The predicted octanol–water partition coefficient (Wildman–Crippen LogP) is 2.72. The molecule has 1 N–H and O–H groups in total. The van der Waals surface area contributed by atoms with Gasteiger partial charge in [0.15, 0.2) is 6.29 Å². The molecular weight excluding hydrogens is 218 g/mol. The summed E-state index contributed by atoms with van der Waals surface area (Å²) in [6.07, 6.45) is 2.48. The maximum Gasteiger partial charge on any atom is 0.169 e. The minimum absolute atomic E-state index is 0.186. The van der Waals surface area contributed by atoms with Crippen LogP contribution in [0.15, 0.2) is 22.8 Å². The molecule has 0 radical (unpaired) electrons. The lowest BCUT2D eigenvalue weighted by molar-refractivity contribution is -0.134. The van der Waals surface area contributed by atoms with Gasteiger partial charge in [0, 0.05) is 19.8 Å². The second kappa shape index (κ2) is 8.28. The molecule has 0 saturated carbocycles. The van der Waals surface area contributed by atoms with E-state index in [0.29, 0.717) is 19.8 Å². The lowest BCUT2D eigenvalue weighted by atomic mass is 10.2. The number of hydrogen-bond donors (Lipinski definition) is 1. The molecule has 0 amide bonds. The SMILES string of the molecule is CCOC(CNC(CC)c1ccco1)OCC. The van der Waals surface area contributed by atoms with Crippen molar-refractivity contribution < 1.29 is 13.9 Å². The molecule has 17 heavy (non-hydrogen) atoms. The van der Waals surface area contributed by atoms with E-state index in [1.165, 1.54) is 0 Å². The summed E-state index contributed by atoms with van der Waals surface area (Å²) < 4.78 is 16.4. The fourth-order valence-corrected chi connectivity index (χ4v) is 1.71. The van der Waals surface area contributed by atoms with Crippen LogP contribution in [0.1, 0.15) is 39.0 Å². The van der Waals surface area contributed by atoms with Crippen LogP contribution in [-0.2, 0) is 9.47 Å². The maximum atomic E-state index is 5.48. The molecule has 1 aromatic heterocycles. The van der Waals surface area contributed by atoms with Crippen molar-refractivity contribution in [1.29, 1.82) is 0 Å². The minimum Gasteiger partial charge on any atom is -0.468 e. The third-order valence-electron chi connectivity index (χ3n) is 2.53. The van der Waals surface area contributed by atoms with Crippen molar-refractivity contribution in [2.75, 3.05) is 19.8 Å². The molecule has 0 aliphatic heterocycles. The van der Waals surface area contributed by atoms with Gasteiger partial charge in [-0.3, -0.25) is 0 Å². The van der Waals surface area contributed by atoms with E-state index < -0.39 is 0 Å². The van der Waals surface area contributed by atoms with Crippen molar-refractivity contribution in [1.82, 2.24) is 5.32 Å². The summed E-state index contributed by atoms with van der Waals surface area (Å²) in [5, 5.41) is 3.40. The molecule has 98 valence electrons. The number of furan rings is 1. The van der Waals surface area contributed by atoms with Crippen LogP contribution >= 0.6 is 0 Å². The Morgan fingerprint density at radius 2 is 1.94 bits per heavy atom. The van der Waals surface area contributed by atoms with Crippen molar-refractivity contribution >= 4 is 0 Å². The minimum atomic E-state index is -0.186. The van der Waals surface area contributed by atoms with Crippen LogP contribution in [0.5, 0.6) is 0 Å². The van der Waals surface area contributed by atoms with E-state index in [0.717, 1.165) is 12.2 Å². The van der Waals surface area contributed by atoms with E-state index in [9.17, 15) is 0 Å². The lowest BCUT2D eigenvalue weighted by Gasteiger charge is -2.21. The molecule has 1 unspecified atom stereocenters. The number of rotatable bonds is 9. The van der Waals surface area contributed by atoms with Crippen LogP contribution in [-0.4, -0.2) is 26.0 Å². The first-order valence-electron chi connectivity index (χ1n) is 6.31. The fourth-order valence-electron chi connectivity index (χ4n) is 1.71. The molecular formula is C13H23NO3. The van der Waals surface area contributed by atoms with E-state index in [-0.39, 0.29) is 12.3 Å². The van der Waals surface area contributed by atoms with Gasteiger partial charge >= 0.3 is 0 Å². The van der Waals surface area contributed by atoms with Crippen molar-refractivity contribution in [3.05, 3.63) is 24.2 Å². The Morgan fingerprint density at radius 1 is 1.24 bits per heavy atom. The Balaban J connectivity index is 2.40. The zero-order chi connectivity index (χ0) is 12.5. The van der Waals surface area contributed by atoms with Gasteiger partial charge in [0.05, 0.1) is 12.3 Å². The second-order valence-corrected chi connectivity index (χ2v) is 3.72. The molecule has 0 spiro atoms. The smallest absolute Gasteiger partial charge is 0.169 e. The molecule has 1 aromatic rings. The van der Waals surface area contributed by atoms with Crippen molar-refractivity contribution in [2.24, 2.45) is 0 Å². The monoisotopic (exact) mass is 241 g/mol. The number of hydrogen-bond acceptors (Lipinski definition) is 4. The highest BCUT2D eigenvalue weighted by molar-refractivity contribution is 5.03. The Bertz CT molecular complexity index is 268. The molecule has 0 aliphatic carbocycles. The van der Waals surface area contributed by atoms with Crippen molar-refractivity contribution in [3.63, 3.8) is 0 Å². The zero-order valence-corrected chi connectivity index (χ0v) is 10.9. The molecule has 0 saturated heterocycles. The molecule has 4 nitrogen and oxygen atoms in total. The van der Waals surface area contributed by atoms with Gasteiger partial charge in [-0.15, -0.1) is 0 Å². The largest absolute Gasteiger partial charge is 0.468 e. The molecule has 4 heteroatoms. The quantitative estimate of drug-likeness (QED) is 0.675. The van der Waals surface area contributed by atoms with Crippen LogP contribution in [0.25, 0.3) is 0 Å². The van der Waals surface area contributed by atoms with Gasteiger partial charge < -0.3 is 19.2 Å². The van der Waals surface area contributed by atoms with Crippen LogP contribution < -0.4 is 5.32 Å². The van der Waals surface area contributed by atoms with E-state index in [1.54, 1.807) is 6.26 Å². The van der Waals surface area contributed by atoms with Gasteiger partial charge in [-0.25, -0.2) is 0 Å². The topological polar surface area (TPSA) is 43.6 Å². The molecule has 1 atom stereocenters. The standard InChI is InChI=1S/C13H23NO3/c1-4-11(12-8-7-9-17-12)14-10-13(15-5-2)16-6-3/h7-9,11,13-14H,4-6,10H2,1-3H3.